The second-order valence-corrected chi connectivity index (χ2v) is 5.64. The predicted octanol–water partition coefficient (Wildman–Crippen LogP) is 3.58. The lowest BCUT2D eigenvalue weighted by Gasteiger charge is -2.33. The number of piperidine rings is 1. The number of rotatable bonds is 1. The van der Waals surface area contributed by atoms with E-state index in [-0.39, 0.29) is 6.03 Å². The zero-order chi connectivity index (χ0) is 14.1. The molecule has 20 heavy (non-hydrogen) atoms. The van der Waals surface area contributed by atoms with E-state index in [4.69, 9.17) is 0 Å². The fourth-order valence-electron chi connectivity index (χ4n) is 3.03. The van der Waals surface area contributed by atoms with E-state index in [9.17, 15) is 4.79 Å². The Morgan fingerprint density at radius 3 is 2.90 bits per heavy atom. The lowest BCUT2D eigenvalue weighted by Crippen LogP contribution is -2.44. The number of hydrogen-bond acceptors (Lipinski definition) is 1. The van der Waals surface area contributed by atoms with E-state index in [2.05, 4.69) is 18.3 Å². The molecule has 1 aliphatic rings. The molecule has 0 spiro atoms. The van der Waals surface area contributed by atoms with Crippen LogP contribution in [0.3, 0.4) is 0 Å². The minimum Gasteiger partial charge on any atom is -0.348 e. The number of carbonyl (C=O) groups is 1. The topological polar surface area (TPSA) is 37.3 Å². The van der Waals surface area contributed by atoms with Crippen LogP contribution in [0.25, 0.3) is 10.9 Å². The Bertz CT molecular complexity index is 632. The fourth-order valence-corrected chi connectivity index (χ4v) is 3.03. The van der Waals surface area contributed by atoms with Crippen LogP contribution in [0.1, 0.15) is 26.2 Å². The Kier molecular flexibility index (Phi) is 3.38. The van der Waals surface area contributed by atoms with Crippen molar-refractivity contribution < 1.29 is 4.79 Å². The summed E-state index contributed by atoms with van der Waals surface area (Å²) in [6.07, 6.45) is 5.41. The van der Waals surface area contributed by atoms with E-state index in [1.165, 1.54) is 6.42 Å². The van der Waals surface area contributed by atoms with E-state index in [1.807, 2.05) is 40.9 Å². The van der Waals surface area contributed by atoms with Crippen LogP contribution in [0.4, 0.5) is 10.5 Å². The number of nitrogens with zero attached hydrogens (tertiary/aromatic N) is 2. The molecule has 1 aromatic carbocycles. The number of aromatic nitrogens is 1. The molecule has 1 unspecified atom stereocenters. The van der Waals surface area contributed by atoms with Crippen LogP contribution in [-0.4, -0.2) is 28.1 Å². The Morgan fingerprint density at radius 2 is 2.10 bits per heavy atom. The minimum absolute atomic E-state index is 0.0218. The van der Waals surface area contributed by atoms with Gasteiger partial charge in [-0.25, -0.2) is 4.79 Å². The smallest absolute Gasteiger partial charge is 0.322 e. The normalized spacial score (nSPS) is 19.3. The molecular weight excluding hydrogens is 250 g/mol. The molecule has 0 radical (unpaired) electrons. The number of anilines is 1. The first-order chi connectivity index (χ1) is 9.66. The number of carbonyl (C=O) groups excluding carboxylic acids is 1. The third-order valence-corrected chi connectivity index (χ3v) is 4.20. The molecule has 2 amide bonds. The van der Waals surface area contributed by atoms with Crippen molar-refractivity contribution in [1.82, 2.24) is 9.47 Å². The van der Waals surface area contributed by atoms with Gasteiger partial charge < -0.3 is 14.8 Å². The van der Waals surface area contributed by atoms with E-state index in [0.29, 0.717) is 6.04 Å². The van der Waals surface area contributed by atoms with Crippen LogP contribution < -0.4 is 5.32 Å². The van der Waals surface area contributed by atoms with Gasteiger partial charge in [-0.1, -0.05) is 18.2 Å². The Labute approximate surface area is 119 Å². The van der Waals surface area contributed by atoms with Crippen molar-refractivity contribution in [2.75, 3.05) is 11.9 Å². The maximum Gasteiger partial charge on any atom is 0.322 e. The van der Waals surface area contributed by atoms with Gasteiger partial charge >= 0.3 is 6.03 Å². The number of para-hydroxylation sites is 1. The van der Waals surface area contributed by atoms with Crippen LogP contribution in [0, 0.1) is 0 Å². The summed E-state index contributed by atoms with van der Waals surface area (Å²) in [7, 11) is 2.00. The fraction of sp³-hybridized carbons (Fsp3) is 0.438. The molecule has 1 N–H and O–H groups in total. The molecule has 4 nitrogen and oxygen atoms in total. The third-order valence-electron chi connectivity index (χ3n) is 4.20. The van der Waals surface area contributed by atoms with E-state index in [1.54, 1.807) is 0 Å². The molecule has 0 saturated carbocycles. The molecule has 0 bridgehead atoms. The predicted molar refractivity (Wildman–Crippen MR) is 82.0 cm³/mol. The number of likely N-dealkylation sites (tertiary alicyclic amines) is 1. The van der Waals surface area contributed by atoms with Crippen molar-refractivity contribution in [3.05, 3.63) is 30.5 Å². The number of hydrogen-bond donors (Lipinski definition) is 1. The first-order valence-electron chi connectivity index (χ1n) is 7.28. The van der Waals surface area contributed by atoms with Gasteiger partial charge in [-0.05, 0) is 32.3 Å². The molecule has 2 heterocycles. The Hall–Kier alpha value is -1.97. The van der Waals surface area contributed by atoms with Gasteiger partial charge in [-0.3, -0.25) is 0 Å². The summed E-state index contributed by atoms with van der Waals surface area (Å²) in [5, 5.41) is 4.16. The second kappa shape index (κ2) is 5.19. The number of amides is 2. The summed E-state index contributed by atoms with van der Waals surface area (Å²) in [6.45, 7) is 2.99. The van der Waals surface area contributed by atoms with Crippen molar-refractivity contribution in [2.45, 2.75) is 32.2 Å². The van der Waals surface area contributed by atoms with Gasteiger partial charge in [0.05, 0.1) is 5.69 Å². The molecule has 4 heteroatoms. The lowest BCUT2D eigenvalue weighted by atomic mass is 10.0. The van der Waals surface area contributed by atoms with Crippen LogP contribution in [0.15, 0.2) is 30.5 Å². The van der Waals surface area contributed by atoms with Crippen molar-refractivity contribution in [3.63, 3.8) is 0 Å². The molecule has 1 aromatic heterocycles. The highest BCUT2D eigenvalue weighted by molar-refractivity contribution is 6.01. The molecule has 2 aromatic rings. The molecule has 1 aliphatic heterocycles. The highest BCUT2D eigenvalue weighted by Crippen LogP contribution is 2.26. The lowest BCUT2D eigenvalue weighted by molar-refractivity contribution is 0.170. The monoisotopic (exact) mass is 271 g/mol. The van der Waals surface area contributed by atoms with Gasteiger partial charge in [0.25, 0.3) is 0 Å². The summed E-state index contributed by atoms with van der Waals surface area (Å²) in [5.74, 6) is 0. The van der Waals surface area contributed by atoms with Crippen molar-refractivity contribution >= 4 is 22.6 Å². The minimum atomic E-state index is 0.0218. The molecule has 106 valence electrons. The molecular formula is C16H21N3O. The number of nitrogens with one attached hydrogen (secondary N) is 1. The van der Waals surface area contributed by atoms with Gasteiger partial charge in [0, 0.05) is 36.7 Å². The van der Waals surface area contributed by atoms with Crippen LogP contribution >= 0.6 is 0 Å². The van der Waals surface area contributed by atoms with Gasteiger partial charge in [0.1, 0.15) is 0 Å². The molecule has 1 fully saturated rings. The third kappa shape index (κ3) is 2.26. The number of fused-ring (bicyclic) bond motifs is 1. The van der Waals surface area contributed by atoms with E-state index in [0.717, 1.165) is 36.0 Å². The Morgan fingerprint density at radius 1 is 1.30 bits per heavy atom. The molecule has 1 saturated heterocycles. The number of benzene rings is 1. The van der Waals surface area contributed by atoms with E-state index < -0.39 is 0 Å². The number of aryl methyl sites for hydroxylation is 1. The quantitative estimate of drug-likeness (QED) is 0.845. The van der Waals surface area contributed by atoms with Crippen molar-refractivity contribution in [1.29, 1.82) is 0 Å². The van der Waals surface area contributed by atoms with Crippen molar-refractivity contribution in [3.8, 4) is 0 Å². The SMILES string of the molecule is CC1CCCCN1C(=O)Nc1cn(C)c2ccccc12. The summed E-state index contributed by atoms with van der Waals surface area (Å²) < 4.78 is 2.05. The highest BCUT2D eigenvalue weighted by Gasteiger charge is 2.23. The molecule has 1 atom stereocenters. The first kappa shape index (κ1) is 13.0. The largest absolute Gasteiger partial charge is 0.348 e. The highest BCUT2D eigenvalue weighted by atomic mass is 16.2. The summed E-state index contributed by atoms with van der Waals surface area (Å²) in [5.41, 5.74) is 2.03. The summed E-state index contributed by atoms with van der Waals surface area (Å²) in [6, 6.07) is 8.48. The zero-order valence-corrected chi connectivity index (χ0v) is 12.1. The van der Waals surface area contributed by atoms with Crippen LogP contribution in [-0.2, 0) is 7.05 Å². The van der Waals surface area contributed by atoms with E-state index >= 15 is 0 Å². The zero-order valence-electron chi connectivity index (χ0n) is 12.1. The van der Waals surface area contributed by atoms with Gasteiger partial charge in [0.2, 0.25) is 0 Å². The summed E-state index contributed by atoms with van der Waals surface area (Å²) >= 11 is 0. The average Bonchev–Trinajstić information content (AvgIpc) is 2.76. The van der Waals surface area contributed by atoms with Gasteiger partial charge in [-0.15, -0.1) is 0 Å². The second-order valence-electron chi connectivity index (χ2n) is 5.64. The first-order valence-corrected chi connectivity index (χ1v) is 7.28. The van der Waals surface area contributed by atoms with Gasteiger partial charge in [-0.2, -0.15) is 0 Å². The van der Waals surface area contributed by atoms with Crippen LogP contribution in [0.2, 0.25) is 0 Å². The number of urea groups is 1. The molecule has 0 aliphatic carbocycles. The Balaban J connectivity index is 1.84. The maximum atomic E-state index is 12.4. The standard InChI is InChI=1S/C16H21N3O/c1-12-7-5-6-10-19(12)16(20)17-14-11-18(2)15-9-4-3-8-13(14)15/h3-4,8-9,11-12H,5-7,10H2,1-2H3,(H,17,20). The average molecular weight is 271 g/mol. The maximum absolute atomic E-state index is 12.4. The van der Waals surface area contributed by atoms with Crippen LogP contribution in [0.5, 0.6) is 0 Å². The summed E-state index contributed by atoms with van der Waals surface area (Å²) in [4.78, 5) is 14.4. The molecule has 3 rings (SSSR count). The van der Waals surface area contributed by atoms with Crippen molar-refractivity contribution in [2.24, 2.45) is 7.05 Å². The van der Waals surface area contributed by atoms with Gasteiger partial charge in [0.15, 0.2) is 0 Å².